The number of halogens is 2. The highest BCUT2D eigenvalue weighted by Crippen LogP contribution is 2.24. The van der Waals surface area contributed by atoms with Crippen molar-refractivity contribution < 1.29 is 17.6 Å². The molecular weight excluding hydrogens is 327 g/mol. The number of carbonyl (C=O) groups is 1. The van der Waals surface area contributed by atoms with Gasteiger partial charge in [0.05, 0.1) is 9.90 Å². The second-order valence-electron chi connectivity index (χ2n) is 3.60. The summed E-state index contributed by atoms with van der Waals surface area (Å²) >= 11 is 6.47. The molecular formula is C11H8ClFN2O3S2. The normalized spacial score (nSPS) is 11.3. The largest absolute Gasteiger partial charge is 0.273 e. The predicted molar refractivity (Wildman–Crippen MR) is 73.5 cm³/mol. The maximum absolute atomic E-state index is 13.3. The number of sulfonamides is 1. The van der Waals surface area contributed by atoms with Gasteiger partial charge >= 0.3 is 0 Å². The molecule has 20 heavy (non-hydrogen) atoms. The van der Waals surface area contributed by atoms with Crippen LogP contribution in [0.15, 0.2) is 40.6 Å². The average molecular weight is 335 g/mol. The molecule has 0 aliphatic rings. The van der Waals surface area contributed by atoms with Crippen LogP contribution < -0.4 is 10.3 Å². The van der Waals surface area contributed by atoms with Gasteiger partial charge in [0.2, 0.25) is 0 Å². The first-order chi connectivity index (χ1) is 9.40. The first kappa shape index (κ1) is 14.9. The number of hydrogen-bond acceptors (Lipinski definition) is 4. The first-order valence-electron chi connectivity index (χ1n) is 5.22. The molecule has 1 amide bonds. The monoisotopic (exact) mass is 334 g/mol. The van der Waals surface area contributed by atoms with Crippen LogP contribution in [0.3, 0.4) is 0 Å². The summed E-state index contributed by atoms with van der Waals surface area (Å²) in [5, 5.41) is 0. The van der Waals surface area contributed by atoms with Crippen LogP contribution in [-0.2, 0) is 10.0 Å². The van der Waals surface area contributed by atoms with Gasteiger partial charge in [-0.15, -0.1) is 16.2 Å². The van der Waals surface area contributed by atoms with Crippen molar-refractivity contribution in [1.29, 1.82) is 0 Å². The van der Waals surface area contributed by atoms with Crippen LogP contribution in [0.25, 0.3) is 0 Å². The Morgan fingerprint density at radius 1 is 1.20 bits per heavy atom. The van der Waals surface area contributed by atoms with Crippen LogP contribution in [-0.4, -0.2) is 14.3 Å². The molecule has 2 aromatic rings. The summed E-state index contributed by atoms with van der Waals surface area (Å²) in [5.74, 6) is -1.64. The van der Waals surface area contributed by atoms with E-state index in [1.165, 1.54) is 30.3 Å². The van der Waals surface area contributed by atoms with E-state index in [9.17, 15) is 17.6 Å². The SMILES string of the molecule is O=C(NNS(=O)(=O)c1ccc(Cl)s1)c1ccccc1F. The standard InChI is InChI=1S/C11H8ClFN2O3S2/c12-9-5-6-10(19-9)20(17,18)15-14-11(16)7-3-1-2-4-8(7)13/h1-6,15H,(H,14,16). The third kappa shape index (κ3) is 3.34. The van der Waals surface area contributed by atoms with Gasteiger partial charge in [0.1, 0.15) is 10.0 Å². The second-order valence-corrected chi connectivity index (χ2v) is 7.22. The fourth-order valence-electron chi connectivity index (χ4n) is 1.32. The Morgan fingerprint density at radius 3 is 2.50 bits per heavy atom. The summed E-state index contributed by atoms with van der Waals surface area (Å²) in [4.78, 5) is 13.5. The van der Waals surface area contributed by atoms with E-state index in [0.29, 0.717) is 4.34 Å². The van der Waals surface area contributed by atoms with Crippen molar-refractivity contribution in [3.63, 3.8) is 0 Å². The van der Waals surface area contributed by atoms with Crippen LogP contribution in [0.1, 0.15) is 10.4 Å². The number of rotatable bonds is 4. The Kier molecular flexibility index (Phi) is 4.39. The summed E-state index contributed by atoms with van der Waals surface area (Å²) < 4.78 is 37.2. The van der Waals surface area contributed by atoms with Gasteiger partial charge < -0.3 is 0 Å². The Labute approximate surface area is 123 Å². The summed E-state index contributed by atoms with van der Waals surface area (Å²) in [5.41, 5.74) is 1.67. The molecule has 106 valence electrons. The number of carbonyl (C=O) groups excluding carboxylic acids is 1. The minimum absolute atomic E-state index is 0.0590. The number of benzene rings is 1. The zero-order valence-corrected chi connectivity index (χ0v) is 12.2. The van der Waals surface area contributed by atoms with Crippen LogP contribution in [0, 0.1) is 5.82 Å². The van der Waals surface area contributed by atoms with E-state index in [1.807, 2.05) is 10.3 Å². The van der Waals surface area contributed by atoms with E-state index in [0.717, 1.165) is 17.4 Å². The van der Waals surface area contributed by atoms with Gasteiger partial charge in [0.25, 0.3) is 15.9 Å². The van der Waals surface area contributed by atoms with E-state index in [1.54, 1.807) is 0 Å². The van der Waals surface area contributed by atoms with Gasteiger partial charge in [-0.05, 0) is 24.3 Å². The van der Waals surface area contributed by atoms with E-state index < -0.39 is 21.7 Å². The highest BCUT2D eigenvalue weighted by molar-refractivity contribution is 7.91. The molecule has 0 saturated heterocycles. The van der Waals surface area contributed by atoms with Crippen molar-refractivity contribution in [3.05, 3.63) is 52.1 Å². The van der Waals surface area contributed by atoms with E-state index in [-0.39, 0.29) is 9.77 Å². The summed E-state index contributed by atoms with van der Waals surface area (Å²) in [6.45, 7) is 0. The van der Waals surface area contributed by atoms with Gasteiger partial charge in [-0.2, -0.15) is 0 Å². The van der Waals surface area contributed by atoms with Gasteiger partial charge in [-0.25, -0.2) is 12.8 Å². The van der Waals surface area contributed by atoms with Crippen molar-refractivity contribution in [2.75, 3.05) is 0 Å². The fourth-order valence-corrected chi connectivity index (χ4v) is 3.64. The zero-order chi connectivity index (χ0) is 14.8. The van der Waals surface area contributed by atoms with Gasteiger partial charge in [0, 0.05) is 0 Å². The predicted octanol–water partition coefficient (Wildman–Crippen LogP) is 2.16. The topological polar surface area (TPSA) is 75.3 Å². The molecule has 5 nitrogen and oxygen atoms in total. The molecule has 0 saturated carbocycles. The molecule has 0 unspecified atom stereocenters. The van der Waals surface area contributed by atoms with Crippen LogP contribution >= 0.6 is 22.9 Å². The fraction of sp³-hybridized carbons (Fsp3) is 0. The van der Waals surface area contributed by atoms with E-state index in [2.05, 4.69) is 0 Å². The second kappa shape index (κ2) is 5.88. The van der Waals surface area contributed by atoms with Crippen molar-refractivity contribution in [3.8, 4) is 0 Å². The number of hydrazine groups is 1. The summed E-state index contributed by atoms with van der Waals surface area (Å²) in [7, 11) is -3.93. The highest BCUT2D eigenvalue weighted by atomic mass is 35.5. The molecule has 0 atom stereocenters. The van der Waals surface area contributed by atoms with Crippen LogP contribution in [0.4, 0.5) is 4.39 Å². The lowest BCUT2D eigenvalue weighted by atomic mass is 10.2. The van der Waals surface area contributed by atoms with Crippen LogP contribution in [0.5, 0.6) is 0 Å². The van der Waals surface area contributed by atoms with E-state index in [4.69, 9.17) is 11.6 Å². The molecule has 0 aliphatic carbocycles. The highest BCUT2D eigenvalue weighted by Gasteiger charge is 2.18. The number of amides is 1. The molecule has 0 radical (unpaired) electrons. The Balaban J connectivity index is 2.09. The van der Waals surface area contributed by atoms with Gasteiger partial charge in [0.15, 0.2) is 0 Å². The minimum Gasteiger partial charge on any atom is -0.273 e. The lowest BCUT2D eigenvalue weighted by molar-refractivity contribution is 0.0941. The van der Waals surface area contributed by atoms with E-state index >= 15 is 0 Å². The molecule has 2 N–H and O–H groups in total. The van der Waals surface area contributed by atoms with Crippen LogP contribution in [0.2, 0.25) is 4.34 Å². The molecule has 1 heterocycles. The number of thiophene rings is 1. The molecule has 0 aliphatic heterocycles. The van der Waals surface area contributed by atoms with Crippen molar-refractivity contribution in [2.24, 2.45) is 0 Å². The molecule has 0 fully saturated rings. The van der Waals surface area contributed by atoms with Gasteiger partial charge in [-0.1, -0.05) is 23.7 Å². The Morgan fingerprint density at radius 2 is 1.90 bits per heavy atom. The van der Waals surface area contributed by atoms with Crippen molar-refractivity contribution in [2.45, 2.75) is 4.21 Å². The summed E-state index contributed by atoms with van der Waals surface area (Å²) in [6.07, 6.45) is 0. The minimum atomic E-state index is -3.93. The van der Waals surface area contributed by atoms with Gasteiger partial charge in [-0.3, -0.25) is 10.2 Å². The van der Waals surface area contributed by atoms with Crippen molar-refractivity contribution in [1.82, 2.24) is 10.3 Å². The number of hydrogen-bond donors (Lipinski definition) is 2. The zero-order valence-electron chi connectivity index (χ0n) is 9.76. The average Bonchev–Trinajstić information content (AvgIpc) is 2.84. The first-order valence-corrected chi connectivity index (χ1v) is 7.90. The third-order valence-corrected chi connectivity index (χ3v) is 5.20. The lowest BCUT2D eigenvalue weighted by Gasteiger charge is -2.07. The third-order valence-electron chi connectivity index (χ3n) is 2.23. The Bertz CT molecular complexity index is 746. The Hall–Kier alpha value is -1.48. The molecule has 9 heteroatoms. The molecule has 1 aromatic heterocycles. The summed E-state index contributed by atoms with van der Waals surface area (Å²) in [6, 6.07) is 7.93. The smallest absolute Gasteiger partial charge is 0.269 e. The maximum Gasteiger partial charge on any atom is 0.269 e. The van der Waals surface area contributed by atoms with Crippen molar-refractivity contribution >= 4 is 38.9 Å². The molecule has 0 spiro atoms. The number of nitrogens with one attached hydrogen (secondary N) is 2. The quantitative estimate of drug-likeness (QED) is 0.841. The molecule has 0 bridgehead atoms. The molecule has 1 aromatic carbocycles. The lowest BCUT2D eigenvalue weighted by Crippen LogP contribution is -2.41. The maximum atomic E-state index is 13.3. The molecule has 2 rings (SSSR count).